The molecule has 12 nitrogen and oxygen atoms in total. The number of nitrogens with one attached hydrogen (secondary N) is 1. The molecule has 0 saturated heterocycles. The van der Waals surface area contributed by atoms with Crippen LogP contribution in [-0.2, 0) is 0 Å². The summed E-state index contributed by atoms with van der Waals surface area (Å²) < 4.78 is 0. The number of phenols is 2. The molecule has 166 valence electrons. The van der Waals surface area contributed by atoms with Gasteiger partial charge in [-0.1, -0.05) is 12.1 Å². The third-order valence-corrected chi connectivity index (χ3v) is 4.96. The maximum atomic E-state index is 13.2. The quantitative estimate of drug-likeness (QED) is 0.301. The Kier molecular flexibility index (Phi) is 5.32. The Morgan fingerprint density at radius 2 is 1.58 bits per heavy atom. The maximum absolute atomic E-state index is 13.2. The summed E-state index contributed by atoms with van der Waals surface area (Å²) in [6.45, 7) is 0. The number of para-hydroxylation sites is 1. The van der Waals surface area contributed by atoms with Crippen LogP contribution in [0, 0.1) is 20.2 Å². The van der Waals surface area contributed by atoms with Gasteiger partial charge in [-0.2, -0.15) is 5.10 Å². The van der Waals surface area contributed by atoms with Crippen molar-refractivity contribution >= 4 is 29.2 Å². The van der Waals surface area contributed by atoms with Gasteiger partial charge in [0, 0.05) is 41.1 Å². The second-order valence-corrected chi connectivity index (χ2v) is 6.99. The molecule has 0 spiro atoms. The third kappa shape index (κ3) is 3.99. The highest BCUT2D eigenvalue weighted by Crippen LogP contribution is 2.38. The van der Waals surface area contributed by atoms with Crippen LogP contribution in [0.4, 0.5) is 17.1 Å². The second kappa shape index (κ2) is 8.26. The molecular weight excluding hydrogens is 434 g/mol. The van der Waals surface area contributed by atoms with Crippen LogP contribution < -0.4 is 5.32 Å². The molecule has 1 aliphatic heterocycles. The van der Waals surface area contributed by atoms with Gasteiger partial charge < -0.3 is 15.5 Å². The van der Waals surface area contributed by atoms with Crippen molar-refractivity contribution < 1.29 is 24.9 Å². The summed E-state index contributed by atoms with van der Waals surface area (Å²) in [4.78, 5) is 34.2. The number of amides is 1. The lowest BCUT2D eigenvalue weighted by Crippen LogP contribution is -2.39. The van der Waals surface area contributed by atoms with Crippen LogP contribution in [0.5, 0.6) is 11.5 Å². The molecule has 3 aromatic carbocycles. The van der Waals surface area contributed by atoms with Crippen molar-refractivity contribution in [1.29, 1.82) is 0 Å². The van der Waals surface area contributed by atoms with E-state index in [1.807, 2.05) is 0 Å². The number of hydrazone groups is 1. The van der Waals surface area contributed by atoms with Crippen molar-refractivity contribution in [2.24, 2.45) is 5.10 Å². The summed E-state index contributed by atoms with van der Waals surface area (Å²) in [7, 11) is 0. The summed E-state index contributed by atoms with van der Waals surface area (Å²) in [6, 6.07) is 13.2. The number of phenolic OH excluding ortho intramolecular Hbond substituents is 2. The van der Waals surface area contributed by atoms with Gasteiger partial charge in [-0.05, 0) is 24.3 Å². The van der Waals surface area contributed by atoms with Crippen molar-refractivity contribution in [3.05, 3.63) is 97.6 Å². The van der Waals surface area contributed by atoms with E-state index in [2.05, 4.69) is 10.4 Å². The predicted molar refractivity (Wildman–Crippen MR) is 116 cm³/mol. The molecule has 3 aromatic rings. The van der Waals surface area contributed by atoms with Crippen LogP contribution >= 0.6 is 0 Å². The number of nitro groups is 2. The third-order valence-electron chi connectivity index (χ3n) is 4.96. The zero-order chi connectivity index (χ0) is 23.7. The molecule has 0 bridgehead atoms. The van der Waals surface area contributed by atoms with Gasteiger partial charge in [-0.25, -0.2) is 5.01 Å². The van der Waals surface area contributed by atoms with E-state index in [0.717, 1.165) is 47.6 Å². The molecule has 0 fully saturated rings. The van der Waals surface area contributed by atoms with E-state index in [1.165, 1.54) is 0 Å². The molecule has 0 saturated carbocycles. The molecule has 0 aliphatic carbocycles. The zero-order valence-electron chi connectivity index (χ0n) is 16.7. The summed E-state index contributed by atoms with van der Waals surface area (Å²) >= 11 is 0. The van der Waals surface area contributed by atoms with E-state index in [-0.39, 0.29) is 39.6 Å². The Hall–Kier alpha value is -5.00. The van der Waals surface area contributed by atoms with Crippen LogP contribution in [0.15, 0.2) is 65.8 Å². The second-order valence-electron chi connectivity index (χ2n) is 6.99. The number of benzene rings is 3. The van der Waals surface area contributed by atoms with Gasteiger partial charge >= 0.3 is 0 Å². The molecule has 4 rings (SSSR count). The summed E-state index contributed by atoms with van der Waals surface area (Å²) in [5.41, 5.74) is 0.0409. The Morgan fingerprint density at radius 1 is 0.939 bits per heavy atom. The summed E-state index contributed by atoms with van der Waals surface area (Å²) in [5.74, 6) is -1.22. The Morgan fingerprint density at radius 3 is 2.27 bits per heavy atom. The number of hydrogen-bond donors (Lipinski definition) is 3. The Bertz CT molecular complexity index is 1320. The minimum Gasteiger partial charge on any atom is -0.508 e. The van der Waals surface area contributed by atoms with E-state index >= 15 is 0 Å². The molecule has 1 atom stereocenters. The predicted octanol–water partition coefficient (Wildman–Crippen LogP) is 3.51. The number of carbonyl (C=O) groups excluding carboxylic acids is 1. The maximum Gasteiger partial charge on any atom is 0.278 e. The number of nitrogens with zero attached hydrogens (tertiary/aromatic N) is 4. The number of anilines is 1. The highest BCUT2D eigenvalue weighted by Gasteiger charge is 2.35. The molecular formula is C21H15N5O7. The fourth-order valence-electron chi connectivity index (χ4n) is 3.33. The number of hydrogen-bond acceptors (Lipinski definition) is 9. The smallest absolute Gasteiger partial charge is 0.278 e. The number of fused-ring (bicyclic) bond motifs is 1. The van der Waals surface area contributed by atoms with E-state index in [1.54, 1.807) is 24.3 Å². The molecule has 1 unspecified atom stereocenters. The standard InChI is InChI=1S/C21H15N5O7/c27-18-7-5-13(25(30)31)9-12(18)11-22-24-20(16-10-14(26(32)33)6-8-19(16)28)23-17-4-2-1-3-15(17)21(24)29/h1-11,20,23,27-28H. The van der Waals surface area contributed by atoms with Gasteiger partial charge in [0.2, 0.25) is 0 Å². The molecule has 1 amide bonds. The van der Waals surface area contributed by atoms with E-state index < -0.39 is 21.9 Å². The minimum atomic E-state index is -1.15. The first-order chi connectivity index (χ1) is 15.8. The molecule has 0 radical (unpaired) electrons. The van der Waals surface area contributed by atoms with Gasteiger partial charge in [0.05, 0.1) is 21.6 Å². The molecule has 33 heavy (non-hydrogen) atoms. The first kappa shape index (κ1) is 21.2. The number of non-ortho nitro benzene ring substituents is 2. The average Bonchev–Trinajstić information content (AvgIpc) is 2.79. The minimum absolute atomic E-state index is 0.00691. The molecule has 1 aliphatic rings. The normalized spacial score (nSPS) is 15.2. The first-order valence-electron chi connectivity index (χ1n) is 9.44. The lowest BCUT2D eigenvalue weighted by Gasteiger charge is -2.34. The average molecular weight is 449 g/mol. The van der Waals surface area contributed by atoms with Crippen molar-refractivity contribution in [2.75, 3.05) is 5.32 Å². The van der Waals surface area contributed by atoms with Crippen LogP contribution in [0.25, 0.3) is 0 Å². The Labute approximate surface area is 185 Å². The zero-order valence-corrected chi connectivity index (χ0v) is 16.7. The number of rotatable bonds is 5. The lowest BCUT2D eigenvalue weighted by atomic mass is 10.0. The number of nitro benzene ring substituents is 2. The fraction of sp³-hybridized carbons (Fsp3) is 0.0476. The number of aromatic hydroxyl groups is 2. The van der Waals surface area contributed by atoms with Crippen molar-refractivity contribution in [3.8, 4) is 11.5 Å². The van der Waals surface area contributed by atoms with Crippen LogP contribution in [0.3, 0.4) is 0 Å². The van der Waals surface area contributed by atoms with Crippen molar-refractivity contribution in [3.63, 3.8) is 0 Å². The highest BCUT2D eigenvalue weighted by atomic mass is 16.6. The fourth-order valence-corrected chi connectivity index (χ4v) is 3.33. The van der Waals surface area contributed by atoms with Crippen LogP contribution in [0.1, 0.15) is 27.7 Å². The van der Waals surface area contributed by atoms with E-state index in [4.69, 9.17) is 0 Å². The molecule has 1 heterocycles. The van der Waals surface area contributed by atoms with E-state index in [9.17, 15) is 35.2 Å². The molecule has 3 N–H and O–H groups in total. The Balaban J connectivity index is 1.82. The lowest BCUT2D eigenvalue weighted by molar-refractivity contribution is -0.385. The summed E-state index contributed by atoms with van der Waals surface area (Å²) in [6.07, 6.45) is -0.0959. The van der Waals surface area contributed by atoms with Gasteiger partial charge in [0.1, 0.15) is 11.5 Å². The monoisotopic (exact) mass is 449 g/mol. The topological polar surface area (TPSA) is 171 Å². The van der Waals surface area contributed by atoms with Gasteiger partial charge in [0.15, 0.2) is 6.17 Å². The van der Waals surface area contributed by atoms with Crippen LogP contribution in [-0.4, -0.2) is 37.2 Å². The van der Waals surface area contributed by atoms with Crippen LogP contribution in [0.2, 0.25) is 0 Å². The highest BCUT2D eigenvalue weighted by molar-refractivity contribution is 6.02. The van der Waals surface area contributed by atoms with Gasteiger partial charge in [0.25, 0.3) is 17.3 Å². The van der Waals surface area contributed by atoms with E-state index in [0.29, 0.717) is 5.69 Å². The molecule has 0 aromatic heterocycles. The van der Waals surface area contributed by atoms with Gasteiger partial charge in [-0.3, -0.25) is 25.0 Å². The SMILES string of the molecule is O=C1c2ccccc2NC(c2cc([N+](=O)[O-])ccc2O)N1N=Cc1cc([N+](=O)[O-])ccc1O. The first-order valence-corrected chi connectivity index (χ1v) is 9.44. The van der Waals surface area contributed by atoms with Gasteiger partial charge in [-0.15, -0.1) is 0 Å². The molecule has 12 heteroatoms. The van der Waals surface area contributed by atoms with Crippen molar-refractivity contribution in [2.45, 2.75) is 6.17 Å². The summed E-state index contributed by atoms with van der Waals surface area (Å²) in [5, 5.41) is 50.8. The largest absolute Gasteiger partial charge is 0.508 e. The number of carbonyl (C=O) groups is 1. The van der Waals surface area contributed by atoms with Crippen molar-refractivity contribution in [1.82, 2.24) is 5.01 Å².